The lowest BCUT2D eigenvalue weighted by Gasteiger charge is -2.26. The van der Waals surface area contributed by atoms with E-state index in [1.54, 1.807) is 20.8 Å². The average molecular weight is 264 g/mol. The predicted octanol–water partition coefficient (Wildman–Crippen LogP) is 1.12. The van der Waals surface area contributed by atoms with E-state index in [4.69, 9.17) is 5.73 Å². The third-order valence-electron chi connectivity index (χ3n) is 3.03. The van der Waals surface area contributed by atoms with Gasteiger partial charge >= 0.3 is 0 Å². The molecule has 0 aromatic carbocycles. The van der Waals surface area contributed by atoms with E-state index in [2.05, 4.69) is 11.8 Å². The minimum absolute atomic E-state index is 0.224. The topological polar surface area (TPSA) is 63.4 Å². The van der Waals surface area contributed by atoms with Gasteiger partial charge in [-0.05, 0) is 39.8 Å². The summed E-state index contributed by atoms with van der Waals surface area (Å²) < 4.78 is 23.3. The Bertz CT molecular complexity index is 307. The SMILES string of the molecule is CCN(CCS(=O)(=O)C(C)(C)C)CC(C)CN. The smallest absolute Gasteiger partial charge is 0.156 e. The molecule has 0 aliphatic rings. The molecule has 0 fully saturated rings. The summed E-state index contributed by atoms with van der Waals surface area (Å²) in [5, 5.41) is 0. The quantitative estimate of drug-likeness (QED) is 0.748. The summed E-state index contributed by atoms with van der Waals surface area (Å²) in [7, 11) is -3.02. The molecule has 4 nitrogen and oxygen atoms in total. The standard InChI is InChI=1S/C12H28N2O2S/c1-6-14(10-11(2)9-13)7-8-17(15,16)12(3,4)5/h11H,6-10,13H2,1-5H3. The molecule has 1 unspecified atom stereocenters. The Morgan fingerprint density at radius 1 is 1.29 bits per heavy atom. The summed E-state index contributed by atoms with van der Waals surface area (Å²) in [6.07, 6.45) is 0. The molecule has 0 radical (unpaired) electrons. The summed E-state index contributed by atoms with van der Waals surface area (Å²) >= 11 is 0. The van der Waals surface area contributed by atoms with Crippen molar-refractivity contribution in [1.29, 1.82) is 0 Å². The summed E-state index contributed by atoms with van der Waals surface area (Å²) in [4.78, 5) is 2.15. The zero-order valence-corrected chi connectivity index (χ0v) is 12.7. The first-order valence-electron chi connectivity index (χ1n) is 6.28. The molecule has 1 atom stereocenters. The van der Waals surface area contributed by atoms with Crippen molar-refractivity contribution in [3.63, 3.8) is 0 Å². The van der Waals surface area contributed by atoms with Gasteiger partial charge in [0.25, 0.3) is 0 Å². The third-order valence-corrected chi connectivity index (χ3v) is 5.61. The number of nitrogens with two attached hydrogens (primary N) is 1. The van der Waals surface area contributed by atoms with Crippen LogP contribution in [0.3, 0.4) is 0 Å². The largest absolute Gasteiger partial charge is 0.330 e. The number of sulfone groups is 1. The highest BCUT2D eigenvalue weighted by Crippen LogP contribution is 2.16. The highest BCUT2D eigenvalue weighted by atomic mass is 32.2. The maximum absolute atomic E-state index is 12.0. The zero-order chi connectivity index (χ0) is 13.7. The Kier molecular flexibility index (Phi) is 6.66. The minimum atomic E-state index is -3.02. The van der Waals surface area contributed by atoms with Crippen molar-refractivity contribution in [3.8, 4) is 0 Å². The van der Waals surface area contributed by atoms with Crippen LogP contribution in [0, 0.1) is 5.92 Å². The maximum atomic E-state index is 12.0. The fraction of sp³-hybridized carbons (Fsp3) is 1.00. The van der Waals surface area contributed by atoms with Gasteiger partial charge in [0.1, 0.15) is 0 Å². The van der Waals surface area contributed by atoms with Crippen molar-refractivity contribution in [3.05, 3.63) is 0 Å². The normalized spacial score (nSPS) is 15.2. The van der Waals surface area contributed by atoms with E-state index in [0.717, 1.165) is 13.1 Å². The molecule has 0 heterocycles. The van der Waals surface area contributed by atoms with E-state index in [0.29, 0.717) is 19.0 Å². The summed E-state index contributed by atoms with van der Waals surface area (Å²) in [6, 6.07) is 0. The second-order valence-electron chi connectivity index (χ2n) is 5.67. The summed E-state index contributed by atoms with van der Waals surface area (Å²) in [5.74, 6) is 0.633. The molecule has 0 aromatic rings. The molecule has 0 saturated heterocycles. The fourth-order valence-corrected chi connectivity index (χ4v) is 2.56. The van der Waals surface area contributed by atoms with Crippen molar-refractivity contribution < 1.29 is 8.42 Å². The molecule has 0 amide bonds. The number of nitrogens with zero attached hydrogens (tertiary/aromatic N) is 1. The van der Waals surface area contributed by atoms with Crippen LogP contribution in [0.1, 0.15) is 34.6 Å². The van der Waals surface area contributed by atoms with Gasteiger partial charge < -0.3 is 10.6 Å². The molecule has 0 aromatic heterocycles. The van der Waals surface area contributed by atoms with Crippen LogP contribution >= 0.6 is 0 Å². The van der Waals surface area contributed by atoms with Crippen molar-refractivity contribution in [2.75, 3.05) is 31.9 Å². The fourth-order valence-electron chi connectivity index (χ4n) is 1.45. The van der Waals surface area contributed by atoms with Gasteiger partial charge in [0.2, 0.25) is 0 Å². The van der Waals surface area contributed by atoms with Crippen LogP contribution in [0.5, 0.6) is 0 Å². The number of hydrogen-bond donors (Lipinski definition) is 1. The van der Waals surface area contributed by atoms with Gasteiger partial charge in [-0.3, -0.25) is 0 Å². The molecule has 5 heteroatoms. The molecular formula is C12H28N2O2S. The zero-order valence-electron chi connectivity index (χ0n) is 11.9. The first kappa shape index (κ1) is 16.9. The van der Waals surface area contributed by atoms with Gasteiger partial charge in [-0.2, -0.15) is 0 Å². The number of rotatable bonds is 7. The molecule has 0 bridgehead atoms. The van der Waals surface area contributed by atoms with Gasteiger partial charge in [-0.1, -0.05) is 13.8 Å². The van der Waals surface area contributed by atoms with Crippen LogP contribution in [0.2, 0.25) is 0 Å². The van der Waals surface area contributed by atoms with Crippen LogP contribution in [0.4, 0.5) is 0 Å². The van der Waals surface area contributed by atoms with Crippen molar-refractivity contribution in [1.82, 2.24) is 4.90 Å². The Morgan fingerprint density at radius 3 is 2.18 bits per heavy atom. The Balaban J connectivity index is 4.34. The average Bonchev–Trinajstić information content (AvgIpc) is 2.22. The Morgan fingerprint density at radius 2 is 1.82 bits per heavy atom. The summed E-state index contributed by atoms with van der Waals surface area (Å²) in [5.41, 5.74) is 5.58. The third kappa shape index (κ3) is 5.84. The first-order valence-corrected chi connectivity index (χ1v) is 7.94. The molecule has 104 valence electrons. The van der Waals surface area contributed by atoms with Crippen molar-refractivity contribution in [2.45, 2.75) is 39.4 Å². The monoisotopic (exact) mass is 264 g/mol. The van der Waals surface area contributed by atoms with Gasteiger partial charge in [0.05, 0.1) is 10.5 Å². The van der Waals surface area contributed by atoms with E-state index >= 15 is 0 Å². The Labute approximate surface area is 106 Å². The van der Waals surface area contributed by atoms with Crippen LogP contribution in [-0.2, 0) is 9.84 Å². The molecule has 0 aliphatic carbocycles. The van der Waals surface area contributed by atoms with Crippen LogP contribution in [-0.4, -0.2) is 50.0 Å². The number of hydrogen-bond acceptors (Lipinski definition) is 4. The van der Waals surface area contributed by atoms with Crippen molar-refractivity contribution in [2.24, 2.45) is 11.7 Å². The molecular weight excluding hydrogens is 236 g/mol. The van der Waals surface area contributed by atoms with E-state index < -0.39 is 14.6 Å². The van der Waals surface area contributed by atoms with E-state index in [1.807, 2.05) is 6.92 Å². The predicted molar refractivity (Wildman–Crippen MR) is 73.9 cm³/mol. The lowest BCUT2D eigenvalue weighted by atomic mass is 10.2. The molecule has 2 N–H and O–H groups in total. The first-order chi connectivity index (χ1) is 7.64. The second-order valence-corrected chi connectivity index (χ2v) is 8.53. The maximum Gasteiger partial charge on any atom is 0.156 e. The molecule has 0 aliphatic heterocycles. The lowest BCUT2D eigenvalue weighted by Crippen LogP contribution is -2.39. The van der Waals surface area contributed by atoms with Crippen LogP contribution in [0.15, 0.2) is 0 Å². The highest BCUT2D eigenvalue weighted by molar-refractivity contribution is 7.92. The summed E-state index contributed by atoms with van der Waals surface area (Å²) in [6.45, 7) is 12.4. The van der Waals surface area contributed by atoms with Gasteiger partial charge in [-0.15, -0.1) is 0 Å². The molecule has 17 heavy (non-hydrogen) atoms. The van der Waals surface area contributed by atoms with Crippen molar-refractivity contribution >= 4 is 9.84 Å². The van der Waals surface area contributed by atoms with Crippen LogP contribution < -0.4 is 5.73 Å². The molecule has 0 saturated carbocycles. The molecule has 0 rings (SSSR count). The lowest BCUT2D eigenvalue weighted by molar-refractivity contribution is 0.264. The van der Waals surface area contributed by atoms with E-state index in [1.165, 1.54) is 0 Å². The van der Waals surface area contributed by atoms with E-state index in [-0.39, 0.29) is 5.75 Å². The minimum Gasteiger partial charge on any atom is -0.330 e. The highest BCUT2D eigenvalue weighted by Gasteiger charge is 2.28. The van der Waals surface area contributed by atoms with Gasteiger partial charge in [-0.25, -0.2) is 8.42 Å². The van der Waals surface area contributed by atoms with E-state index in [9.17, 15) is 8.42 Å². The van der Waals surface area contributed by atoms with Crippen LogP contribution in [0.25, 0.3) is 0 Å². The Hall–Kier alpha value is -0.130. The second kappa shape index (κ2) is 6.71. The van der Waals surface area contributed by atoms with Gasteiger partial charge in [0, 0.05) is 13.1 Å². The molecule has 0 spiro atoms. The van der Waals surface area contributed by atoms with Gasteiger partial charge in [0.15, 0.2) is 9.84 Å².